The van der Waals surface area contributed by atoms with Crippen LogP contribution in [0.15, 0.2) is 0 Å². The first-order chi connectivity index (χ1) is 7.36. The Kier molecular flexibility index (Phi) is 4.19. The maximum absolute atomic E-state index is 11.9. The summed E-state index contributed by atoms with van der Waals surface area (Å²) in [5, 5.41) is 8.96. The number of hydrogen-bond donors (Lipinski definition) is 1. The van der Waals surface area contributed by atoms with Gasteiger partial charge in [0, 0.05) is 12.1 Å². The minimum atomic E-state index is -0.319. The van der Waals surface area contributed by atoms with Gasteiger partial charge in [-0.1, -0.05) is 0 Å². The highest BCUT2D eigenvalue weighted by molar-refractivity contribution is 5.68. The number of hydrogen-bond acceptors (Lipinski definition) is 3. The monoisotopic (exact) mass is 229 g/mol. The van der Waals surface area contributed by atoms with E-state index in [-0.39, 0.29) is 24.3 Å². The van der Waals surface area contributed by atoms with Gasteiger partial charge in [-0.05, 0) is 46.5 Å². The summed E-state index contributed by atoms with van der Waals surface area (Å²) in [4.78, 5) is 13.5. The van der Waals surface area contributed by atoms with Gasteiger partial charge in [-0.15, -0.1) is 0 Å². The minimum absolute atomic E-state index is 0.00366. The van der Waals surface area contributed by atoms with Crippen LogP contribution in [0.2, 0.25) is 0 Å². The summed E-state index contributed by atoms with van der Waals surface area (Å²) in [6.45, 7) is 8.03. The number of nitrogens with zero attached hydrogens (tertiary/aromatic N) is 1. The van der Waals surface area contributed by atoms with E-state index in [1.54, 1.807) is 4.90 Å². The second-order valence-electron chi connectivity index (χ2n) is 5.47. The lowest BCUT2D eigenvalue weighted by atomic mass is 10.1. The number of rotatable bonds is 4. The van der Waals surface area contributed by atoms with Gasteiger partial charge in [-0.3, -0.25) is 0 Å². The fraction of sp³-hybridized carbons (Fsp3) is 0.917. The molecule has 1 rings (SSSR count). The molecule has 4 nitrogen and oxygen atoms in total. The van der Waals surface area contributed by atoms with Crippen LogP contribution in [0.4, 0.5) is 4.79 Å². The minimum Gasteiger partial charge on any atom is -0.446 e. The smallest absolute Gasteiger partial charge is 0.410 e. The Morgan fingerprint density at radius 1 is 1.50 bits per heavy atom. The summed E-state index contributed by atoms with van der Waals surface area (Å²) in [5.74, 6) is 0.542. The van der Waals surface area contributed by atoms with Crippen LogP contribution in [0.1, 0.15) is 40.5 Å². The molecule has 0 aromatic carbocycles. The Morgan fingerprint density at radius 3 is 2.44 bits per heavy atom. The van der Waals surface area contributed by atoms with Gasteiger partial charge in [0.05, 0.1) is 6.61 Å². The Morgan fingerprint density at radius 2 is 2.06 bits per heavy atom. The van der Waals surface area contributed by atoms with Crippen LogP contribution >= 0.6 is 0 Å². The summed E-state index contributed by atoms with van der Waals surface area (Å²) in [6.07, 6.45) is 1.99. The van der Waals surface area contributed by atoms with Gasteiger partial charge in [-0.25, -0.2) is 4.79 Å². The van der Waals surface area contributed by atoms with Crippen molar-refractivity contribution in [3.8, 4) is 0 Å². The molecular weight excluding hydrogens is 206 g/mol. The Hall–Kier alpha value is -0.770. The predicted molar refractivity (Wildman–Crippen MR) is 62.2 cm³/mol. The second kappa shape index (κ2) is 5.04. The highest BCUT2D eigenvalue weighted by atomic mass is 16.6. The molecular formula is C12H23NO3. The molecule has 0 saturated heterocycles. The fourth-order valence-corrected chi connectivity index (χ4v) is 1.69. The van der Waals surface area contributed by atoms with Crippen molar-refractivity contribution in [2.24, 2.45) is 5.92 Å². The summed E-state index contributed by atoms with van der Waals surface area (Å²) >= 11 is 0. The zero-order valence-corrected chi connectivity index (χ0v) is 10.7. The van der Waals surface area contributed by atoms with E-state index in [0.717, 1.165) is 12.8 Å². The average Bonchev–Trinajstić information content (AvgIpc) is 2.94. The molecule has 1 atom stereocenters. The van der Waals surface area contributed by atoms with Crippen LogP contribution in [0.5, 0.6) is 0 Å². The van der Waals surface area contributed by atoms with Gasteiger partial charge < -0.3 is 14.7 Å². The summed E-state index contributed by atoms with van der Waals surface area (Å²) in [7, 11) is 0. The first-order valence-electron chi connectivity index (χ1n) is 5.95. The van der Waals surface area contributed by atoms with Gasteiger partial charge >= 0.3 is 6.09 Å². The third kappa shape index (κ3) is 3.67. The lowest BCUT2D eigenvalue weighted by molar-refractivity contribution is 0.0296. The Labute approximate surface area is 97.6 Å². The molecule has 0 aromatic rings. The fourth-order valence-electron chi connectivity index (χ4n) is 1.69. The van der Waals surface area contributed by atoms with Crippen LogP contribution in [-0.2, 0) is 4.74 Å². The van der Waals surface area contributed by atoms with Crippen LogP contribution in [0.3, 0.4) is 0 Å². The quantitative estimate of drug-likeness (QED) is 0.802. The van der Waals surface area contributed by atoms with Crippen LogP contribution in [0, 0.1) is 5.92 Å². The first kappa shape index (κ1) is 13.3. The lowest BCUT2D eigenvalue weighted by Crippen LogP contribution is -2.48. The molecule has 1 unspecified atom stereocenters. The summed E-state index contributed by atoms with van der Waals surface area (Å²) < 4.78 is 5.39. The van der Waals surface area contributed by atoms with Crippen molar-refractivity contribution in [1.82, 2.24) is 4.90 Å². The zero-order valence-electron chi connectivity index (χ0n) is 10.7. The van der Waals surface area contributed by atoms with E-state index in [1.807, 2.05) is 27.7 Å². The Balaban J connectivity index is 2.52. The van der Waals surface area contributed by atoms with Crippen molar-refractivity contribution in [3.63, 3.8) is 0 Å². The van der Waals surface area contributed by atoms with Crippen molar-refractivity contribution >= 4 is 6.09 Å². The van der Waals surface area contributed by atoms with Crippen LogP contribution in [-0.4, -0.2) is 40.9 Å². The molecule has 4 heteroatoms. The number of carbonyl (C=O) groups is 1. The molecule has 0 aliphatic heterocycles. The van der Waals surface area contributed by atoms with E-state index in [1.165, 1.54) is 0 Å². The zero-order chi connectivity index (χ0) is 12.3. The van der Waals surface area contributed by atoms with E-state index in [2.05, 4.69) is 0 Å². The molecule has 1 aliphatic carbocycles. The van der Waals surface area contributed by atoms with E-state index >= 15 is 0 Å². The SMILES string of the molecule is CC(OC(=O)N(CCO)C(C)(C)C)C1CC1. The standard InChI is InChI=1S/C12H23NO3/c1-9(10-5-6-10)16-11(15)13(7-8-14)12(2,3)4/h9-10,14H,5-8H2,1-4H3. The lowest BCUT2D eigenvalue weighted by Gasteiger charge is -2.35. The predicted octanol–water partition coefficient (Wildman–Crippen LogP) is 2.01. The van der Waals surface area contributed by atoms with E-state index in [4.69, 9.17) is 9.84 Å². The molecule has 0 spiro atoms. The topological polar surface area (TPSA) is 49.8 Å². The number of β-amino-alcohol motifs (C(OH)–C–C–N with tert-alkyl or cyclic N) is 1. The molecule has 0 radical (unpaired) electrons. The molecule has 1 amide bonds. The molecule has 1 N–H and O–H groups in total. The van der Waals surface area contributed by atoms with Crippen LogP contribution < -0.4 is 0 Å². The second-order valence-corrected chi connectivity index (χ2v) is 5.47. The van der Waals surface area contributed by atoms with Gasteiger partial charge in [0.2, 0.25) is 0 Å². The number of carbonyl (C=O) groups excluding carboxylic acids is 1. The Bertz CT molecular complexity index is 243. The number of amides is 1. The largest absolute Gasteiger partial charge is 0.446 e. The molecule has 1 saturated carbocycles. The maximum Gasteiger partial charge on any atom is 0.410 e. The third-order valence-electron chi connectivity index (χ3n) is 2.93. The summed E-state index contributed by atoms with van der Waals surface area (Å²) in [6, 6.07) is 0. The van der Waals surface area contributed by atoms with Crippen molar-refractivity contribution in [2.75, 3.05) is 13.2 Å². The van der Waals surface area contributed by atoms with Crippen molar-refractivity contribution in [2.45, 2.75) is 52.2 Å². The molecule has 0 aromatic heterocycles. The highest BCUT2D eigenvalue weighted by Crippen LogP contribution is 2.34. The summed E-state index contributed by atoms with van der Waals surface area (Å²) in [5.41, 5.74) is -0.316. The van der Waals surface area contributed by atoms with Crippen molar-refractivity contribution < 1.29 is 14.6 Å². The van der Waals surface area contributed by atoms with Crippen LogP contribution in [0.25, 0.3) is 0 Å². The maximum atomic E-state index is 11.9. The van der Waals surface area contributed by atoms with Gasteiger partial charge in [0.1, 0.15) is 6.10 Å². The van der Waals surface area contributed by atoms with E-state index < -0.39 is 0 Å². The van der Waals surface area contributed by atoms with Crippen molar-refractivity contribution in [1.29, 1.82) is 0 Å². The van der Waals surface area contributed by atoms with Gasteiger partial charge in [0.15, 0.2) is 0 Å². The molecule has 94 valence electrons. The molecule has 1 fully saturated rings. The van der Waals surface area contributed by atoms with E-state index in [0.29, 0.717) is 12.5 Å². The highest BCUT2D eigenvalue weighted by Gasteiger charge is 2.34. The van der Waals surface area contributed by atoms with E-state index in [9.17, 15) is 4.79 Å². The number of ether oxygens (including phenoxy) is 1. The average molecular weight is 229 g/mol. The molecule has 1 aliphatic rings. The molecule has 0 bridgehead atoms. The van der Waals surface area contributed by atoms with Gasteiger partial charge in [0.25, 0.3) is 0 Å². The number of aliphatic hydroxyl groups is 1. The van der Waals surface area contributed by atoms with Crippen molar-refractivity contribution in [3.05, 3.63) is 0 Å². The molecule has 0 heterocycles. The number of aliphatic hydroxyl groups excluding tert-OH is 1. The normalized spacial score (nSPS) is 18.1. The first-order valence-corrected chi connectivity index (χ1v) is 5.95. The third-order valence-corrected chi connectivity index (χ3v) is 2.93. The molecule has 16 heavy (non-hydrogen) atoms. The van der Waals surface area contributed by atoms with Gasteiger partial charge in [-0.2, -0.15) is 0 Å².